The molecule has 0 aromatic heterocycles. The third kappa shape index (κ3) is 15.4. The van der Waals surface area contributed by atoms with Gasteiger partial charge in [-0.3, -0.25) is 8.88 Å². The quantitative estimate of drug-likeness (QED) is 0.389. The van der Waals surface area contributed by atoms with Crippen LogP contribution in [0.1, 0.15) is 46.5 Å². The van der Waals surface area contributed by atoms with Gasteiger partial charge in [0.05, 0.1) is 21.0 Å². The molecule has 0 aliphatic rings. The fourth-order valence-electron chi connectivity index (χ4n) is 1.78. The first kappa shape index (κ1) is 24.4. The van der Waals surface area contributed by atoms with E-state index < -0.39 is 22.3 Å². The van der Waals surface area contributed by atoms with Crippen LogP contribution in [0, 0.1) is 0 Å². The highest BCUT2D eigenvalue weighted by atomic mass is 31.3. The molecule has 0 aliphatic heterocycles. The zero-order valence-corrected chi connectivity index (χ0v) is 16.5. The van der Waals surface area contributed by atoms with Gasteiger partial charge < -0.3 is 28.9 Å². The molecule has 146 valence electrons. The van der Waals surface area contributed by atoms with Crippen molar-refractivity contribution >= 4 is 15.6 Å². The molecule has 1 unspecified atom stereocenters. The maximum Gasteiger partial charge on any atom is 0.272 e. The van der Waals surface area contributed by atoms with Gasteiger partial charge in [0.2, 0.25) is 0 Å². The summed E-state index contributed by atoms with van der Waals surface area (Å²) in [5.74, 6) is 0. The van der Waals surface area contributed by atoms with Crippen molar-refractivity contribution in [2.24, 2.45) is 0 Å². The molecule has 0 heterocycles. The molecule has 10 heteroatoms. The summed E-state index contributed by atoms with van der Waals surface area (Å²) < 4.78 is 28.9. The van der Waals surface area contributed by atoms with Crippen LogP contribution in [0.4, 0.5) is 0 Å². The van der Waals surface area contributed by atoms with Crippen molar-refractivity contribution in [3.8, 4) is 0 Å². The van der Waals surface area contributed by atoms with E-state index in [0.29, 0.717) is 6.42 Å². The van der Waals surface area contributed by atoms with Gasteiger partial charge in [-0.25, -0.2) is 0 Å². The molecule has 0 aromatic rings. The molecule has 0 amide bonds. The maximum atomic E-state index is 11.1. The van der Waals surface area contributed by atoms with Crippen LogP contribution in [0.15, 0.2) is 34.9 Å². The summed E-state index contributed by atoms with van der Waals surface area (Å²) in [6.07, 6.45) is 8.74. The molecule has 1 N–H and O–H groups in total. The van der Waals surface area contributed by atoms with Gasteiger partial charge in [-0.05, 0) is 46.5 Å². The lowest BCUT2D eigenvalue weighted by atomic mass is 10.1. The van der Waals surface area contributed by atoms with E-state index in [4.69, 9.17) is 5.11 Å². The first-order chi connectivity index (χ1) is 11.4. The monoisotopic (exact) mass is 395 g/mol. The summed E-state index contributed by atoms with van der Waals surface area (Å²) in [6.45, 7) is 5.33. The molecule has 25 heavy (non-hydrogen) atoms. The maximum absolute atomic E-state index is 11.1. The van der Waals surface area contributed by atoms with Crippen molar-refractivity contribution in [2.45, 2.75) is 46.5 Å². The van der Waals surface area contributed by atoms with Gasteiger partial charge in [-0.2, -0.15) is 0 Å². The molecule has 0 saturated carbocycles. The number of hydrogen-bond acceptors (Lipinski definition) is 8. The van der Waals surface area contributed by atoms with E-state index in [9.17, 15) is 23.8 Å². The largest absolute Gasteiger partial charge is 0.790 e. The minimum Gasteiger partial charge on any atom is -0.790 e. The van der Waals surface area contributed by atoms with Gasteiger partial charge in [0.1, 0.15) is 0 Å². The summed E-state index contributed by atoms with van der Waals surface area (Å²) in [5, 5.41) is 8.89. The summed E-state index contributed by atoms with van der Waals surface area (Å²) in [5.41, 5.74) is 3.01. The van der Waals surface area contributed by atoms with Gasteiger partial charge in [-0.15, -0.1) is 0 Å². The lowest BCUT2D eigenvalue weighted by Gasteiger charge is -2.34. The molecule has 1 atom stereocenters. The minimum absolute atomic E-state index is 0.0668. The fourth-order valence-corrected chi connectivity index (χ4v) is 3.20. The van der Waals surface area contributed by atoms with E-state index in [1.54, 1.807) is 6.92 Å². The van der Waals surface area contributed by atoms with Gasteiger partial charge in [0, 0.05) is 0 Å². The van der Waals surface area contributed by atoms with Gasteiger partial charge in [-0.1, -0.05) is 34.9 Å². The van der Waals surface area contributed by atoms with Crippen molar-refractivity contribution in [1.29, 1.82) is 0 Å². The second-order valence-electron chi connectivity index (χ2n) is 5.66. The Balaban J connectivity index is 4.19. The Hall–Kier alpha value is -0.560. The van der Waals surface area contributed by atoms with E-state index in [-0.39, 0.29) is 6.61 Å². The smallest absolute Gasteiger partial charge is 0.272 e. The Morgan fingerprint density at radius 1 is 0.920 bits per heavy atom. The molecule has 0 bridgehead atoms. The first-order valence-electron chi connectivity index (χ1n) is 7.72. The Morgan fingerprint density at radius 2 is 1.40 bits per heavy atom. The van der Waals surface area contributed by atoms with Crippen LogP contribution in [0.2, 0.25) is 0 Å². The van der Waals surface area contributed by atoms with Crippen molar-refractivity contribution < 1.29 is 37.8 Å². The Kier molecular flexibility index (Phi) is 11.7. The number of rotatable bonds is 12. The SMILES string of the molecule is C/C(=C\CC/C(C)=C/CC/C(C)=C/COP(=O)([O-])OP(=O)([O-])[O-])CO. The van der Waals surface area contributed by atoms with Crippen molar-refractivity contribution in [3.63, 3.8) is 0 Å². The number of allylic oxidation sites excluding steroid dienone is 4. The third-order valence-corrected chi connectivity index (χ3v) is 5.24. The van der Waals surface area contributed by atoms with Crippen LogP contribution >= 0.6 is 15.6 Å². The highest BCUT2D eigenvalue weighted by molar-refractivity contribution is 7.58. The predicted octanol–water partition coefficient (Wildman–Crippen LogP) is 1.71. The van der Waals surface area contributed by atoms with E-state index in [1.165, 1.54) is 11.6 Å². The van der Waals surface area contributed by atoms with Crippen LogP contribution in [-0.4, -0.2) is 18.3 Å². The summed E-state index contributed by atoms with van der Waals surface area (Å²) >= 11 is 0. The predicted molar refractivity (Wildman–Crippen MR) is 89.1 cm³/mol. The van der Waals surface area contributed by atoms with Crippen LogP contribution in [0.25, 0.3) is 0 Å². The van der Waals surface area contributed by atoms with E-state index in [1.807, 2.05) is 19.9 Å². The highest BCUT2D eigenvalue weighted by Gasteiger charge is 2.10. The van der Waals surface area contributed by atoms with Crippen molar-refractivity contribution in [3.05, 3.63) is 34.9 Å². The third-order valence-electron chi connectivity index (χ3n) is 3.18. The lowest BCUT2D eigenvalue weighted by Crippen LogP contribution is -2.19. The summed E-state index contributed by atoms with van der Waals surface area (Å²) in [4.78, 5) is 31.5. The van der Waals surface area contributed by atoms with Crippen LogP contribution in [0.3, 0.4) is 0 Å². The molecule has 8 nitrogen and oxygen atoms in total. The van der Waals surface area contributed by atoms with Gasteiger partial charge in [0.15, 0.2) is 0 Å². The normalized spacial score (nSPS) is 16.8. The standard InChI is InChI=1S/C15H28O8P2/c1-13(7-5-9-15(3)12-16)6-4-8-14(2)10-11-22-25(20,21)23-24(17,18)19/h6,9-10,16H,4-5,7-8,11-12H2,1-3H3,(H,20,21)(H2,17,18,19)/p-3/b13-6+,14-10+,15-9+. The molecule has 0 saturated heterocycles. The molecular weight excluding hydrogens is 370 g/mol. The average molecular weight is 395 g/mol. The van der Waals surface area contributed by atoms with Crippen LogP contribution in [0.5, 0.6) is 0 Å². The van der Waals surface area contributed by atoms with E-state index in [0.717, 1.165) is 30.4 Å². The molecular formula is C15H25O8P2-3. The minimum atomic E-state index is -5.64. The topological polar surface area (TPSA) is 142 Å². The Morgan fingerprint density at radius 3 is 1.88 bits per heavy atom. The molecule has 0 radical (unpaired) electrons. The number of aliphatic hydroxyl groups excluding tert-OH is 1. The lowest BCUT2D eigenvalue weighted by molar-refractivity contribution is -0.339. The number of phosphoric acid groups is 2. The second-order valence-corrected chi connectivity index (χ2v) is 8.36. The number of hydrogen-bond donors (Lipinski definition) is 1. The van der Waals surface area contributed by atoms with Gasteiger partial charge in [0.25, 0.3) is 7.82 Å². The Labute approximate surface area is 148 Å². The highest BCUT2D eigenvalue weighted by Crippen LogP contribution is 2.50. The van der Waals surface area contributed by atoms with Crippen LogP contribution < -0.4 is 14.7 Å². The molecule has 0 spiro atoms. The molecule has 0 aromatic carbocycles. The summed E-state index contributed by atoms with van der Waals surface area (Å²) in [7, 11) is -10.8. The Bertz CT molecular complexity index is 588. The molecule has 0 aliphatic carbocycles. The summed E-state index contributed by atoms with van der Waals surface area (Å²) in [6, 6.07) is 0. The van der Waals surface area contributed by atoms with Crippen LogP contribution in [-0.2, 0) is 18.0 Å². The first-order valence-corrected chi connectivity index (χ1v) is 10.6. The zero-order chi connectivity index (χ0) is 19.5. The molecule has 0 rings (SSSR count). The second kappa shape index (κ2) is 11.9. The van der Waals surface area contributed by atoms with Crippen molar-refractivity contribution in [1.82, 2.24) is 0 Å². The average Bonchev–Trinajstić information content (AvgIpc) is 2.44. The number of phosphoric ester groups is 1. The van der Waals surface area contributed by atoms with Crippen molar-refractivity contribution in [2.75, 3.05) is 13.2 Å². The van der Waals surface area contributed by atoms with Gasteiger partial charge >= 0.3 is 0 Å². The zero-order valence-electron chi connectivity index (χ0n) is 14.7. The fraction of sp³-hybridized carbons (Fsp3) is 0.600. The molecule has 0 fully saturated rings. The van der Waals surface area contributed by atoms with E-state index in [2.05, 4.69) is 14.9 Å². The number of aliphatic hydroxyl groups is 1. The van der Waals surface area contributed by atoms with E-state index >= 15 is 0 Å².